The molecule has 0 aliphatic carbocycles. The molecule has 0 radical (unpaired) electrons. The number of carbonyl (C=O) groups excluding carboxylic acids is 2. The highest BCUT2D eigenvalue weighted by Gasteiger charge is 2.10. The standard InChI is InChI=1S/C20H22ClN3O3/c1-14(23-24-19(25)11-8-15-6-4-3-5-7-15)12-20(26)22-17-13-16(21)9-10-18(17)27-2/h3-7,9-10,13H,8,11-12H2,1-2H3,(H,22,26)(H,24,25)/b23-14-. The van der Waals surface area contributed by atoms with Gasteiger partial charge in [-0.25, -0.2) is 5.43 Å². The molecule has 142 valence electrons. The van der Waals surface area contributed by atoms with Crippen LogP contribution in [-0.4, -0.2) is 24.6 Å². The lowest BCUT2D eigenvalue weighted by Gasteiger charge is -2.10. The summed E-state index contributed by atoms with van der Waals surface area (Å²) in [5.41, 5.74) is 4.53. The maximum atomic E-state index is 12.2. The average molecular weight is 388 g/mol. The van der Waals surface area contributed by atoms with Gasteiger partial charge in [0.1, 0.15) is 5.75 Å². The van der Waals surface area contributed by atoms with Gasteiger partial charge < -0.3 is 10.1 Å². The number of hydrazone groups is 1. The zero-order valence-electron chi connectivity index (χ0n) is 15.3. The Bertz CT molecular complexity index is 822. The number of methoxy groups -OCH3 is 1. The zero-order chi connectivity index (χ0) is 19.6. The predicted molar refractivity (Wildman–Crippen MR) is 107 cm³/mol. The Morgan fingerprint density at radius 2 is 1.85 bits per heavy atom. The molecule has 27 heavy (non-hydrogen) atoms. The average Bonchev–Trinajstić information content (AvgIpc) is 2.65. The zero-order valence-corrected chi connectivity index (χ0v) is 16.0. The van der Waals surface area contributed by atoms with Crippen LogP contribution in [0.4, 0.5) is 5.69 Å². The van der Waals surface area contributed by atoms with Crippen molar-refractivity contribution in [1.82, 2.24) is 5.43 Å². The first-order valence-electron chi connectivity index (χ1n) is 8.47. The predicted octanol–water partition coefficient (Wildman–Crippen LogP) is 3.80. The van der Waals surface area contributed by atoms with E-state index in [2.05, 4.69) is 15.8 Å². The minimum Gasteiger partial charge on any atom is -0.495 e. The van der Waals surface area contributed by atoms with E-state index in [4.69, 9.17) is 16.3 Å². The quantitative estimate of drug-likeness (QED) is 0.534. The highest BCUT2D eigenvalue weighted by Crippen LogP contribution is 2.27. The van der Waals surface area contributed by atoms with E-state index in [-0.39, 0.29) is 18.2 Å². The lowest BCUT2D eigenvalue weighted by molar-refractivity contribution is -0.121. The normalized spacial score (nSPS) is 11.0. The van der Waals surface area contributed by atoms with Crippen LogP contribution in [0.1, 0.15) is 25.3 Å². The van der Waals surface area contributed by atoms with Crippen LogP contribution in [0, 0.1) is 0 Å². The molecule has 0 heterocycles. The fourth-order valence-corrected chi connectivity index (χ4v) is 2.53. The molecule has 0 saturated heterocycles. The first kappa shape index (κ1) is 20.5. The third-order valence-electron chi connectivity index (χ3n) is 3.71. The van der Waals surface area contributed by atoms with Crippen molar-refractivity contribution < 1.29 is 14.3 Å². The molecule has 2 rings (SSSR count). The molecule has 6 nitrogen and oxygen atoms in total. The number of nitrogens with one attached hydrogen (secondary N) is 2. The number of anilines is 1. The number of hydrogen-bond donors (Lipinski definition) is 2. The van der Waals surface area contributed by atoms with E-state index in [9.17, 15) is 9.59 Å². The van der Waals surface area contributed by atoms with Gasteiger partial charge in [0.05, 0.1) is 19.2 Å². The van der Waals surface area contributed by atoms with Crippen molar-refractivity contribution in [1.29, 1.82) is 0 Å². The number of ether oxygens (including phenoxy) is 1. The third-order valence-corrected chi connectivity index (χ3v) is 3.94. The van der Waals surface area contributed by atoms with Gasteiger partial charge in [0.15, 0.2) is 0 Å². The monoisotopic (exact) mass is 387 g/mol. The number of rotatable bonds is 8. The molecular weight excluding hydrogens is 366 g/mol. The van der Waals surface area contributed by atoms with Crippen LogP contribution in [0.15, 0.2) is 53.6 Å². The fraction of sp³-hybridized carbons (Fsp3) is 0.250. The third kappa shape index (κ3) is 7.11. The number of benzene rings is 2. The van der Waals surface area contributed by atoms with Crippen molar-refractivity contribution in [2.24, 2.45) is 5.10 Å². The highest BCUT2D eigenvalue weighted by molar-refractivity contribution is 6.31. The summed E-state index contributed by atoms with van der Waals surface area (Å²) in [6, 6.07) is 14.7. The number of hydrogen-bond acceptors (Lipinski definition) is 4. The second-order valence-corrected chi connectivity index (χ2v) is 6.37. The van der Waals surface area contributed by atoms with Crippen LogP contribution >= 0.6 is 11.6 Å². The molecule has 0 spiro atoms. The van der Waals surface area contributed by atoms with Crippen molar-refractivity contribution in [2.75, 3.05) is 12.4 Å². The van der Waals surface area contributed by atoms with E-state index < -0.39 is 0 Å². The first-order chi connectivity index (χ1) is 13.0. The molecule has 2 amide bonds. The van der Waals surface area contributed by atoms with Crippen LogP contribution in [0.25, 0.3) is 0 Å². The molecular formula is C20H22ClN3O3. The number of nitrogens with zero attached hydrogens (tertiary/aromatic N) is 1. The van der Waals surface area contributed by atoms with Crippen LogP contribution < -0.4 is 15.5 Å². The number of halogens is 1. The Labute approximate surface area is 163 Å². The molecule has 7 heteroatoms. The van der Waals surface area contributed by atoms with Crippen LogP contribution in [0.2, 0.25) is 5.02 Å². The minimum atomic E-state index is -0.282. The summed E-state index contributed by atoms with van der Waals surface area (Å²) >= 11 is 5.94. The van der Waals surface area contributed by atoms with Gasteiger partial charge in [-0.05, 0) is 37.1 Å². The van der Waals surface area contributed by atoms with Gasteiger partial charge in [0, 0.05) is 17.2 Å². The van der Waals surface area contributed by atoms with Gasteiger partial charge in [0.2, 0.25) is 11.8 Å². The van der Waals surface area contributed by atoms with Gasteiger partial charge in [-0.2, -0.15) is 5.10 Å². The van der Waals surface area contributed by atoms with E-state index in [1.807, 2.05) is 30.3 Å². The summed E-state index contributed by atoms with van der Waals surface area (Å²) in [7, 11) is 1.51. The number of aryl methyl sites for hydroxylation is 1. The molecule has 2 aromatic rings. The highest BCUT2D eigenvalue weighted by atomic mass is 35.5. The summed E-state index contributed by atoms with van der Waals surface area (Å²) in [5, 5.41) is 7.19. The second-order valence-electron chi connectivity index (χ2n) is 5.94. The van der Waals surface area contributed by atoms with Gasteiger partial charge in [-0.15, -0.1) is 0 Å². The Hall–Kier alpha value is -2.86. The molecule has 0 aromatic heterocycles. The molecule has 2 N–H and O–H groups in total. The van der Waals surface area contributed by atoms with Crippen molar-refractivity contribution >= 4 is 34.8 Å². The number of amides is 2. The number of carbonyl (C=O) groups is 2. The summed E-state index contributed by atoms with van der Waals surface area (Å²) in [6.45, 7) is 1.67. The SMILES string of the molecule is COc1ccc(Cl)cc1NC(=O)C/C(C)=N\NC(=O)CCc1ccccc1. The smallest absolute Gasteiger partial charge is 0.240 e. The summed E-state index contributed by atoms with van der Waals surface area (Å²) in [5.74, 6) is 0.0297. The lowest BCUT2D eigenvalue weighted by Crippen LogP contribution is -2.21. The van der Waals surface area contributed by atoms with Crippen molar-refractivity contribution in [3.63, 3.8) is 0 Å². The lowest BCUT2D eigenvalue weighted by atomic mass is 10.1. The van der Waals surface area contributed by atoms with Crippen molar-refractivity contribution in [3.8, 4) is 5.75 Å². The molecule has 0 bridgehead atoms. The van der Waals surface area contributed by atoms with Gasteiger partial charge in [-0.1, -0.05) is 41.9 Å². The minimum absolute atomic E-state index is 0.0363. The molecule has 2 aromatic carbocycles. The summed E-state index contributed by atoms with van der Waals surface area (Å²) < 4.78 is 5.19. The second kappa shape index (κ2) is 10.3. The van der Waals surface area contributed by atoms with E-state index in [0.717, 1.165) is 5.56 Å². The Kier molecular flexibility index (Phi) is 7.82. The van der Waals surface area contributed by atoms with Crippen LogP contribution in [0.3, 0.4) is 0 Å². The Balaban J connectivity index is 1.81. The van der Waals surface area contributed by atoms with E-state index in [0.29, 0.717) is 35.0 Å². The Morgan fingerprint density at radius 1 is 1.11 bits per heavy atom. The van der Waals surface area contributed by atoms with Crippen molar-refractivity contribution in [3.05, 3.63) is 59.1 Å². The maximum absolute atomic E-state index is 12.2. The van der Waals surface area contributed by atoms with Crippen molar-refractivity contribution in [2.45, 2.75) is 26.2 Å². The molecule has 0 aliphatic rings. The van der Waals surface area contributed by atoms with E-state index >= 15 is 0 Å². The maximum Gasteiger partial charge on any atom is 0.240 e. The van der Waals surface area contributed by atoms with Gasteiger partial charge >= 0.3 is 0 Å². The molecule has 0 saturated carbocycles. The van der Waals surface area contributed by atoms with E-state index in [1.54, 1.807) is 25.1 Å². The molecule has 0 atom stereocenters. The summed E-state index contributed by atoms with van der Waals surface area (Å²) in [4.78, 5) is 24.0. The summed E-state index contributed by atoms with van der Waals surface area (Å²) in [6.07, 6.45) is 0.998. The fourth-order valence-electron chi connectivity index (χ4n) is 2.36. The first-order valence-corrected chi connectivity index (χ1v) is 8.85. The van der Waals surface area contributed by atoms with Gasteiger partial charge in [0.25, 0.3) is 0 Å². The molecule has 0 unspecified atom stereocenters. The Morgan fingerprint density at radius 3 is 2.56 bits per heavy atom. The molecule has 0 fully saturated rings. The largest absolute Gasteiger partial charge is 0.495 e. The van der Waals surface area contributed by atoms with E-state index in [1.165, 1.54) is 7.11 Å². The van der Waals surface area contributed by atoms with Gasteiger partial charge in [-0.3, -0.25) is 9.59 Å². The van der Waals surface area contributed by atoms with Crippen LogP contribution in [-0.2, 0) is 16.0 Å². The van der Waals surface area contributed by atoms with Crippen LogP contribution in [0.5, 0.6) is 5.75 Å². The topological polar surface area (TPSA) is 79.8 Å². The molecule has 0 aliphatic heterocycles.